The van der Waals surface area contributed by atoms with Crippen LogP contribution in [0.5, 0.6) is 5.75 Å². The van der Waals surface area contributed by atoms with Crippen molar-refractivity contribution in [3.63, 3.8) is 0 Å². The van der Waals surface area contributed by atoms with Crippen LogP contribution in [0.4, 0.5) is 10.8 Å². The van der Waals surface area contributed by atoms with E-state index in [2.05, 4.69) is 20.9 Å². The molecule has 3 rings (SSSR count). The van der Waals surface area contributed by atoms with Crippen LogP contribution in [-0.4, -0.2) is 36.5 Å². The van der Waals surface area contributed by atoms with E-state index in [9.17, 15) is 9.59 Å². The second-order valence-electron chi connectivity index (χ2n) is 5.74. The molecule has 1 fully saturated rings. The molecule has 0 radical (unpaired) electrons. The Balaban J connectivity index is 1.48. The number of nitrogens with one attached hydrogen (secondary N) is 3. The fourth-order valence-corrected chi connectivity index (χ4v) is 2.88. The number of anilines is 2. The number of methoxy groups -OCH3 is 1. The summed E-state index contributed by atoms with van der Waals surface area (Å²) in [6.45, 7) is 0.299. The van der Waals surface area contributed by atoms with E-state index in [0.717, 1.165) is 24.3 Å². The molecule has 0 aliphatic heterocycles. The SMILES string of the molecule is COc1cccc(Nc2nc(C(=O)NCCC(=O)NC3CC3)cs2)c1. The largest absolute Gasteiger partial charge is 0.497 e. The lowest BCUT2D eigenvalue weighted by molar-refractivity contribution is -0.121. The Hall–Kier alpha value is -2.61. The van der Waals surface area contributed by atoms with Crippen molar-refractivity contribution in [2.24, 2.45) is 0 Å². The average Bonchev–Trinajstić information content (AvgIpc) is 3.29. The minimum absolute atomic E-state index is 0.0264. The van der Waals surface area contributed by atoms with Gasteiger partial charge in [-0.3, -0.25) is 9.59 Å². The minimum atomic E-state index is -0.283. The van der Waals surface area contributed by atoms with Crippen LogP contribution in [0.25, 0.3) is 0 Å². The summed E-state index contributed by atoms with van der Waals surface area (Å²) in [7, 11) is 1.61. The zero-order valence-electron chi connectivity index (χ0n) is 13.9. The molecule has 2 amide bonds. The predicted molar refractivity (Wildman–Crippen MR) is 96.5 cm³/mol. The van der Waals surface area contributed by atoms with Crippen molar-refractivity contribution in [2.75, 3.05) is 19.0 Å². The molecule has 0 saturated heterocycles. The molecule has 0 bridgehead atoms. The molecular weight excluding hydrogens is 340 g/mol. The highest BCUT2D eigenvalue weighted by Gasteiger charge is 2.22. The van der Waals surface area contributed by atoms with Gasteiger partial charge >= 0.3 is 0 Å². The van der Waals surface area contributed by atoms with E-state index in [1.165, 1.54) is 11.3 Å². The lowest BCUT2D eigenvalue weighted by Crippen LogP contribution is -2.31. The Morgan fingerprint density at radius 1 is 1.36 bits per heavy atom. The molecule has 1 aromatic heterocycles. The van der Waals surface area contributed by atoms with Gasteiger partial charge in [0, 0.05) is 36.1 Å². The van der Waals surface area contributed by atoms with Gasteiger partial charge in [0.05, 0.1) is 7.11 Å². The highest BCUT2D eigenvalue weighted by Crippen LogP contribution is 2.23. The lowest BCUT2D eigenvalue weighted by atomic mass is 10.3. The number of nitrogens with zero attached hydrogens (tertiary/aromatic N) is 1. The molecular formula is C17H20N4O3S. The quantitative estimate of drug-likeness (QED) is 0.672. The van der Waals surface area contributed by atoms with Gasteiger partial charge in [0.1, 0.15) is 11.4 Å². The molecule has 1 aliphatic rings. The van der Waals surface area contributed by atoms with E-state index < -0.39 is 0 Å². The molecule has 0 atom stereocenters. The van der Waals surface area contributed by atoms with Crippen molar-refractivity contribution >= 4 is 34.0 Å². The van der Waals surface area contributed by atoms with E-state index in [4.69, 9.17) is 4.74 Å². The van der Waals surface area contributed by atoms with Gasteiger partial charge in [0.25, 0.3) is 5.91 Å². The van der Waals surface area contributed by atoms with Gasteiger partial charge in [0.15, 0.2) is 5.13 Å². The molecule has 25 heavy (non-hydrogen) atoms. The third-order valence-corrected chi connectivity index (χ3v) is 4.40. The number of hydrogen-bond acceptors (Lipinski definition) is 6. The van der Waals surface area contributed by atoms with Crippen molar-refractivity contribution < 1.29 is 14.3 Å². The summed E-state index contributed by atoms with van der Waals surface area (Å²) in [5, 5.41) is 11.0. The number of amides is 2. The number of rotatable bonds is 8. The molecule has 3 N–H and O–H groups in total. The van der Waals surface area contributed by atoms with E-state index in [0.29, 0.717) is 23.4 Å². The summed E-state index contributed by atoms with van der Waals surface area (Å²) in [6.07, 6.45) is 2.39. The first kappa shape index (κ1) is 17.2. The molecule has 1 heterocycles. The van der Waals surface area contributed by atoms with Crippen molar-refractivity contribution in [3.8, 4) is 5.75 Å². The lowest BCUT2D eigenvalue weighted by Gasteiger charge is -2.05. The monoisotopic (exact) mass is 360 g/mol. The Morgan fingerprint density at radius 3 is 2.96 bits per heavy atom. The molecule has 0 spiro atoms. The molecule has 132 valence electrons. The molecule has 2 aromatic rings. The molecule has 1 aliphatic carbocycles. The first-order valence-electron chi connectivity index (χ1n) is 8.08. The Bertz CT molecular complexity index is 758. The normalized spacial score (nSPS) is 13.2. The summed E-state index contributed by atoms with van der Waals surface area (Å²) in [4.78, 5) is 27.9. The molecule has 7 nitrogen and oxygen atoms in total. The van der Waals surface area contributed by atoms with Gasteiger partial charge in [-0.05, 0) is 25.0 Å². The summed E-state index contributed by atoms with van der Waals surface area (Å²) < 4.78 is 5.17. The maximum Gasteiger partial charge on any atom is 0.270 e. The van der Waals surface area contributed by atoms with Crippen LogP contribution in [-0.2, 0) is 4.79 Å². The third kappa shape index (κ3) is 5.18. The van der Waals surface area contributed by atoms with E-state index >= 15 is 0 Å². The van der Waals surface area contributed by atoms with Crippen molar-refractivity contribution in [1.82, 2.24) is 15.6 Å². The van der Waals surface area contributed by atoms with Crippen molar-refractivity contribution in [3.05, 3.63) is 35.3 Å². The Labute approximate surface area is 149 Å². The van der Waals surface area contributed by atoms with Gasteiger partial charge in [-0.1, -0.05) is 6.07 Å². The number of carbonyl (C=O) groups excluding carboxylic acids is 2. The van der Waals surface area contributed by atoms with Crippen LogP contribution in [0.3, 0.4) is 0 Å². The third-order valence-electron chi connectivity index (χ3n) is 3.64. The number of ether oxygens (including phenoxy) is 1. The standard InChI is InChI=1S/C17H20N4O3S/c1-24-13-4-2-3-12(9-13)20-17-21-14(10-25-17)16(23)18-8-7-15(22)19-11-5-6-11/h2-4,9-11H,5-8H2,1H3,(H,18,23)(H,19,22)(H,20,21). The van der Waals surface area contributed by atoms with Gasteiger partial charge in [-0.2, -0.15) is 0 Å². The van der Waals surface area contributed by atoms with Crippen LogP contribution in [0, 0.1) is 0 Å². The molecule has 1 aromatic carbocycles. The van der Waals surface area contributed by atoms with Gasteiger partial charge < -0.3 is 20.7 Å². The summed E-state index contributed by atoms with van der Waals surface area (Å²) in [6, 6.07) is 7.80. The number of hydrogen-bond donors (Lipinski definition) is 3. The second-order valence-corrected chi connectivity index (χ2v) is 6.60. The number of aromatic nitrogens is 1. The average molecular weight is 360 g/mol. The smallest absolute Gasteiger partial charge is 0.270 e. The highest BCUT2D eigenvalue weighted by atomic mass is 32.1. The summed E-state index contributed by atoms with van der Waals surface area (Å²) >= 11 is 1.34. The molecule has 8 heteroatoms. The van der Waals surface area contributed by atoms with Crippen molar-refractivity contribution in [2.45, 2.75) is 25.3 Å². The van der Waals surface area contributed by atoms with Gasteiger partial charge in [0.2, 0.25) is 5.91 Å². The van der Waals surface area contributed by atoms with E-state index in [1.807, 2.05) is 24.3 Å². The molecule has 0 unspecified atom stereocenters. The minimum Gasteiger partial charge on any atom is -0.497 e. The van der Waals surface area contributed by atoms with E-state index in [1.54, 1.807) is 12.5 Å². The van der Waals surface area contributed by atoms with Crippen LogP contribution < -0.4 is 20.7 Å². The van der Waals surface area contributed by atoms with Crippen LogP contribution >= 0.6 is 11.3 Å². The van der Waals surface area contributed by atoms with Gasteiger partial charge in [-0.15, -0.1) is 11.3 Å². The highest BCUT2D eigenvalue weighted by molar-refractivity contribution is 7.14. The number of thiazole rings is 1. The second kappa shape index (κ2) is 7.98. The van der Waals surface area contributed by atoms with Crippen LogP contribution in [0.15, 0.2) is 29.6 Å². The predicted octanol–water partition coefficient (Wildman–Crippen LogP) is 2.29. The zero-order chi connectivity index (χ0) is 17.6. The maximum atomic E-state index is 12.1. The number of carbonyl (C=O) groups is 2. The van der Waals surface area contributed by atoms with Crippen LogP contribution in [0.2, 0.25) is 0 Å². The van der Waals surface area contributed by atoms with Gasteiger partial charge in [-0.25, -0.2) is 4.98 Å². The Kier molecular flexibility index (Phi) is 5.49. The first-order chi connectivity index (χ1) is 12.1. The summed E-state index contributed by atoms with van der Waals surface area (Å²) in [5.41, 5.74) is 1.16. The topological polar surface area (TPSA) is 92.3 Å². The fourth-order valence-electron chi connectivity index (χ4n) is 2.17. The number of benzene rings is 1. The van der Waals surface area contributed by atoms with E-state index in [-0.39, 0.29) is 18.2 Å². The van der Waals surface area contributed by atoms with Crippen molar-refractivity contribution in [1.29, 1.82) is 0 Å². The maximum absolute atomic E-state index is 12.1. The summed E-state index contributed by atoms with van der Waals surface area (Å²) in [5.74, 6) is 0.430. The Morgan fingerprint density at radius 2 is 2.20 bits per heavy atom. The fraction of sp³-hybridized carbons (Fsp3) is 0.353. The first-order valence-corrected chi connectivity index (χ1v) is 8.96. The zero-order valence-corrected chi connectivity index (χ0v) is 14.7. The molecule has 1 saturated carbocycles. The van der Waals surface area contributed by atoms with Crippen LogP contribution in [0.1, 0.15) is 29.8 Å².